The molecule has 0 radical (unpaired) electrons. The van der Waals surface area contributed by atoms with Gasteiger partial charge in [-0.25, -0.2) is 14.2 Å². The number of benzene rings is 1. The molecule has 1 aliphatic heterocycles. The first-order valence-corrected chi connectivity index (χ1v) is 8.85. The number of hydrogen-bond acceptors (Lipinski definition) is 5. The highest BCUT2D eigenvalue weighted by molar-refractivity contribution is 7.71. The van der Waals surface area contributed by atoms with Gasteiger partial charge in [-0.1, -0.05) is 30.3 Å². The van der Waals surface area contributed by atoms with Gasteiger partial charge < -0.3 is 0 Å². The van der Waals surface area contributed by atoms with Crippen LogP contribution in [0.2, 0.25) is 0 Å². The number of nitrogens with zero attached hydrogens (tertiary/aromatic N) is 5. The van der Waals surface area contributed by atoms with Crippen LogP contribution in [-0.4, -0.2) is 42.9 Å². The predicted molar refractivity (Wildman–Crippen MR) is 96.9 cm³/mol. The minimum absolute atomic E-state index is 0.107. The monoisotopic (exact) mass is 353 g/mol. The molecule has 0 spiro atoms. The average Bonchev–Trinajstić information content (AvgIpc) is 2.98. The molecule has 3 aromatic rings. The van der Waals surface area contributed by atoms with Gasteiger partial charge in [-0.05, 0) is 31.1 Å². The third-order valence-corrected chi connectivity index (χ3v) is 5.04. The Bertz CT molecular complexity index is 941. The van der Waals surface area contributed by atoms with Crippen LogP contribution in [0.25, 0.3) is 5.78 Å². The van der Waals surface area contributed by atoms with Crippen LogP contribution in [0.3, 0.4) is 0 Å². The summed E-state index contributed by atoms with van der Waals surface area (Å²) in [4.78, 5) is 23.4. The highest BCUT2D eigenvalue weighted by atomic mass is 32.1. The van der Waals surface area contributed by atoms with E-state index in [-0.39, 0.29) is 11.7 Å². The van der Waals surface area contributed by atoms with Gasteiger partial charge in [0.05, 0.1) is 6.67 Å². The van der Waals surface area contributed by atoms with Crippen molar-refractivity contribution in [2.45, 2.75) is 19.5 Å². The molecule has 0 bridgehead atoms. The first-order valence-electron chi connectivity index (χ1n) is 8.44. The summed E-state index contributed by atoms with van der Waals surface area (Å²) in [6.07, 6.45) is 5.37. The zero-order chi connectivity index (χ0) is 17.2. The molecule has 0 atom stereocenters. The summed E-state index contributed by atoms with van der Waals surface area (Å²) >= 11 is 5.36. The van der Waals surface area contributed by atoms with Crippen molar-refractivity contribution in [2.75, 3.05) is 13.1 Å². The molecule has 0 unspecified atom stereocenters. The van der Waals surface area contributed by atoms with Gasteiger partial charge in [0.15, 0.2) is 5.78 Å². The molecule has 1 saturated heterocycles. The fourth-order valence-electron chi connectivity index (χ4n) is 3.35. The van der Waals surface area contributed by atoms with Crippen LogP contribution in [0.1, 0.15) is 23.2 Å². The lowest BCUT2D eigenvalue weighted by molar-refractivity contribution is 0.0801. The first kappa shape index (κ1) is 16.1. The predicted octanol–water partition coefficient (Wildman–Crippen LogP) is 2.81. The standard InChI is InChI=1S/C18H19N5OS/c24-16(14-5-2-1-3-6-14)15-7-11-21(12-8-15)13-23-18(25)20-17-19-9-4-10-22(17)23/h1-6,9-10,15H,7-8,11-13H2. The highest BCUT2D eigenvalue weighted by Crippen LogP contribution is 2.22. The number of hydrogen-bond donors (Lipinski definition) is 0. The fraction of sp³-hybridized carbons (Fsp3) is 0.333. The molecule has 1 aliphatic rings. The number of piperidine rings is 1. The summed E-state index contributed by atoms with van der Waals surface area (Å²) in [7, 11) is 0. The fourth-order valence-corrected chi connectivity index (χ4v) is 3.58. The van der Waals surface area contributed by atoms with E-state index in [2.05, 4.69) is 14.9 Å². The Morgan fingerprint density at radius 3 is 2.68 bits per heavy atom. The van der Waals surface area contributed by atoms with Crippen molar-refractivity contribution in [1.29, 1.82) is 0 Å². The number of carbonyl (C=O) groups excluding carboxylic acids is 1. The number of likely N-dealkylation sites (tertiary alicyclic amines) is 1. The third kappa shape index (κ3) is 3.25. The Labute approximate surface area is 150 Å². The summed E-state index contributed by atoms with van der Waals surface area (Å²) in [5.74, 6) is 0.980. The molecular formula is C18H19N5OS. The van der Waals surface area contributed by atoms with Crippen LogP contribution >= 0.6 is 12.2 Å². The van der Waals surface area contributed by atoms with E-state index in [9.17, 15) is 4.79 Å². The van der Waals surface area contributed by atoms with Crippen LogP contribution in [0.5, 0.6) is 0 Å². The maximum absolute atomic E-state index is 12.6. The molecule has 0 amide bonds. The summed E-state index contributed by atoms with van der Waals surface area (Å²) in [5, 5.41) is 0. The smallest absolute Gasteiger partial charge is 0.251 e. The van der Waals surface area contributed by atoms with E-state index in [0.717, 1.165) is 31.5 Å². The van der Waals surface area contributed by atoms with E-state index < -0.39 is 0 Å². The lowest BCUT2D eigenvalue weighted by Crippen LogP contribution is -2.38. The molecule has 7 heteroatoms. The largest absolute Gasteiger partial charge is 0.294 e. The Morgan fingerprint density at radius 1 is 1.16 bits per heavy atom. The number of carbonyl (C=O) groups is 1. The van der Waals surface area contributed by atoms with Gasteiger partial charge in [0.1, 0.15) is 0 Å². The molecule has 1 fully saturated rings. The van der Waals surface area contributed by atoms with Crippen LogP contribution in [0.15, 0.2) is 48.8 Å². The first-order chi connectivity index (χ1) is 12.2. The number of rotatable bonds is 4. The van der Waals surface area contributed by atoms with Crippen LogP contribution in [0.4, 0.5) is 0 Å². The summed E-state index contributed by atoms with van der Waals surface area (Å²) in [5.41, 5.74) is 0.816. The number of aromatic nitrogens is 4. The summed E-state index contributed by atoms with van der Waals surface area (Å²) in [6.45, 7) is 2.41. The van der Waals surface area contributed by atoms with Gasteiger partial charge >= 0.3 is 0 Å². The molecule has 0 N–H and O–H groups in total. The minimum atomic E-state index is 0.107. The number of ketones is 1. The van der Waals surface area contributed by atoms with Crippen molar-refractivity contribution in [1.82, 2.24) is 24.1 Å². The Balaban J connectivity index is 1.43. The zero-order valence-corrected chi connectivity index (χ0v) is 14.6. The Hall–Kier alpha value is -2.38. The molecule has 1 aromatic carbocycles. The maximum Gasteiger partial charge on any atom is 0.251 e. The number of Topliss-reactive ketones (excluding diaryl/α,β-unsaturated/α-hetero) is 1. The highest BCUT2D eigenvalue weighted by Gasteiger charge is 2.26. The van der Waals surface area contributed by atoms with Gasteiger partial charge in [0.25, 0.3) is 5.78 Å². The topological polar surface area (TPSA) is 55.4 Å². The molecular weight excluding hydrogens is 334 g/mol. The van der Waals surface area contributed by atoms with Gasteiger partial charge in [-0.3, -0.25) is 9.69 Å². The van der Waals surface area contributed by atoms with E-state index in [0.29, 0.717) is 17.2 Å². The van der Waals surface area contributed by atoms with E-state index in [1.54, 1.807) is 6.20 Å². The molecule has 4 rings (SSSR count). The van der Waals surface area contributed by atoms with Gasteiger partial charge in [-0.15, -0.1) is 0 Å². The molecule has 128 valence electrons. The van der Waals surface area contributed by atoms with Crippen molar-refractivity contribution in [3.05, 3.63) is 59.1 Å². The summed E-state index contributed by atoms with van der Waals surface area (Å²) < 4.78 is 4.35. The lowest BCUT2D eigenvalue weighted by Gasteiger charge is -2.31. The molecule has 6 nitrogen and oxygen atoms in total. The van der Waals surface area contributed by atoms with Crippen LogP contribution in [0, 0.1) is 10.7 Å². The summed E-state index contributed by atoms with van der Waals surface area (Å²) in [6, 6.07) is 11.4. The second kappa shape index (κ2) is 6.85. The van der Waals surface area contributed by atoms with Crippen molar-refractivity contribution in [3.8, 4) is 0 Å². The SMILES string of the molecule is O=C(c1ccccc1)C1CCN(Cn2c(=S)nc3ncccn32)CC1. The third-order valence-electron chi connectivity index (χ3n) is 4.74. The average molecular weight is 353 g/mol. The Kier molecular flexibility index (Phi) is 4.42. The molecule has 0 aliphatic carbocycles. The van der Waals surface area contributed by atoms with E-state index >= 15 is 0 Å². The second-order valence-corrected chi connectivity index (χ2v) is 6.69. The van der Waals surface area contributed by atoms with Crippen molar-refractivity contribution < 1.29 is 4.79 Å². The van der Waals surface area contributed by atoms with Crippen molar-refractivity contribution in [3.63, 3.8) is 0 Å². The van der Waals surface area contributed by atoms with Crippen molar-refractivity contribution >= 4 is 23.8 Å². The van der Waals surface area contributed by atoms with E-state index in [1.807, 2.05) is 51.8 Å². The molecule has 3 heterocycles. The second-order valence-electron chi connectivity index (χ2n) is 6.32. The molecule has 0 saturated carbocycles. The van der Waals surface area contributed by atoms with Crippen molar-refractivity contribution in [2.24, 2.45) is 5.92 Å². The van der Waals surface area contributed by atoms with Gasteiger partial charge in [-0.2, -0.15) is 4.98 Å². The van der Waals surface area contributed by atoms with Crippen LogP contribution in [-0.2, 0) is 6.67 Å². The number of fused-ring (bicyclic) bond motifs is 1. The van der Waals surface area contributed by atoms with Gasteiger partial charge in [0.2, 0.25) is 4.77 Å². The minimum Gasteiger partial charge on any atom is -0.294 e. The van der Waals surface area contributed by atoms with E-state index in [4.69, 9.17) is 12.2 Å². The normalized spacial score (nSPS) is 16.3. The van der Waals surface area contributed by atoms with E-state index in [1.165, 1.54) is 0 Å². The Morgan fingerprint density at radius 2 is 1.92 bits per heavy atom. The molecule has 2 aromatic heterocycles. The van der Waals surface area contributed by atoms with Crippen LogP contribution < -0.4 is 0 Å². The zero-order valence-electron chi connectivity index (χ0n) is 13.8. The van der Waals surface area contributed by atoms with Gasteiger partial charge in [0, 0.05) is 37.0 Å². The lowest BCUT2D eigenvalue weighted by atomic mass is 9.89. The molecule has 25 heavy (non-hydrogen) atoms. The quantitative estimate of drug-likeness (QED) is 0.533. The maximum atomic E-state index is 12.6.